The average Bonchev–Trinajstić information content (AvgIpc) is 1.93. The summed E-state index contributed by atoms with van der Waals surface area (Å²) in [4.78, 5) is 23.0. The number of fused-ring (bicyclic) bond motifs is 3. The summed E-state index contributed by atoms with van der Waals surface area (Å²) >= 11 is 0. The van der Waals surface area contributed by atoms with Crippen LogP contribution in [0.25, 0.3) is 0 Å². The molecule has 3 atom stereocenters. The number of hydrogen-bond acceptors (Lipinski definition) is 2. The van der Waals surface area contributed by atoms with Gasteiger partial charge in [0.2, 0.25) is 0 Å². The van der Waals surface area contributed by atoms with E-state index < -0.39 is 0 Å². The van der Waals surface area contributed by atoms with Gasteiger partial charge in [0.15, 0.2) is 0 Å². The van der Waals surface area contributed by atoms with E-state index in [1.54, 1.807) is 0 Å². The summed E-state index contributed by atoms with van der Waals surface area (Å²) in [5, 5.41) is 0. The molecule has 0 aromatic heterocycles. The molecule has 0 aromatic rings. The van der Waals surface area contributed by atoms with Crippen molar-refractivity contribution >= 4 is 11.6 Å². The summed E-state index contributed by atoms with van der Waals surface area (Å²) in [5.41, 5.74) is -0.300. The van der Waals surface area contributed by atoms with E-state index in [9.17, 15) is 9.59 Å². The Morgan fingerprint density at radius 2 is 2.08 bits per heavy atom. The van der Waals surface area contributed by atoms with Gasteiger partial charge in [0.25, 0.3) is 0 Å². The number of carbonyl (C=O) groups excluding carboxylic acids is 2. The molecule has 12 heavy (non-hydrogen) atoms. The van der Waals surface area contributed by atoms with Crippen molar-refractivity contribution in [2.75, 3.05) is 0 Å². The third-order valence-electron chi connectivity index (χ3n) is 3.52. The molecular formula is C10H14O2. The Balaban J connectivity index is 2.36. The van der Waals surface area contributed by atoms with Crippen LogP contribution in [0.1, 0.15) is 33.1 Å². The second-order valence-corrected chi connectivity index (χ2v) is 4.62. The topological polar surface area (TPSA) is 34.1 Å². The fourth-order valence-corrected chi connectivity index (χ4v) is 2.73. The molecule has 0 radical (unpaired) electrons. The largest absolute Gasteiger partial charge is 0.299 e. The van der Waals surface area contributed by atoms with Crippen LogP contribution in [-0.4, -0.2) is 11.6 Å². The normalized spacial score (nSPS) is 46.8. The van der Waals surface area contributed by atoms with Crippen molar-refractivity contribution < 1.29 is 9.59 Å². The highest BCUT2D eigenvalue weighted by Gasteiger charge is 2.51. The van der Waals surface area contributed by atoms with Crippen LogP contribution in [0.3, 0.4) is 0 Å². The van der Waals surface area contributed by atoms with E-state index in [2.05, 4.69) is 6.92 Å². The van der Waals surface area contributed by atoms with Crippen molar-refractivity contribution in [3.8, 4) is 0 Å². The molecule has 3 saturated carbocycles. The molecule has 0 aliphatic heterocycles. The number of ketones is 2. The molecular weight excluding hydrogens is 152 g/mol. The maximum absolute atomic E-state index is 11.5. The second kappa shape index (κ2) is 2.18. The average molecular weight is 166 g/mol. The second-order valence-electron chi connectivity index (χ2n) is 4.62. The van der Waals surface area contributed by atoms with Crippen molar-refractivity contribution in [1.82, 2.24) is 0 Å². The van der Waals surface area contributed by atoms with E-state index in [0.29, 0.717) is 30.3 Å². The van der Waals surface area contributed by atoms with Crippen LogP contribution in [-0.2, 0) is 9.59 Å². The fourth-order valence-electron chi connectivity index (χ4n) is 2.73. The van der Waals surface area contributed by atoms with Crippen LogP contribution < -0.4 is 0 Å². The summed E-state index contributed by atoms with van der Waals surface area (Å²) in [6, 6.07) is 0. The lowest BCUT2D eigenvalue weighted by molar-refractivity contribution is -0.151. The Morgan fingerprint density at radius 1 is 1.42 bits per heavy atom. The molecule has 0 N–H and O–H groups in total. The molecule has 3 fully saturated rings. The molecule has 2 heteroatoms. The van der Waals surface area contributed by atoms with E-state index in [4.69, 9.17) is 0 Å². The van der Waals surface area contributed by atoms with Gasteiger partial charge in [-0.3, -0.25) is 9.59 Å². The minimum atomic E-state index is -0.300. The van der Waals surface area contributed by atoms with Crippen LogP contribution in [0.2, 0.25) is 0 Å². The summed E-state index contributed by atoms with van der Waals surface area (Å²) < 4.78 is 0. The number of Topliss-reactive ketones (excluding diaryl/α,β-unsaturated/α-hetero) is 2. The molecule has 3 rings (SSSR count). The summed E-state index contributed by atoms with van der Waals surface area (Å²) in [6.07, 6.45) is 1.93. The van der Waals surface area contributed by atoms with E-state index in [-0.39, 0.29) is 11.3 Å². The predicted molar refractivity (Wildman–Crippen MR) is 44.6 cm³/mol. The SMILES string of the molecule is CC1CC2(C)CC(=O)C1CC2=O. The van der Waals surface area contributed by atoms with E-state index in [0.717, 1.165) is 6.42 Å². The Hall–Kier alpha value is -0.660. The van der Waals surface area contributed by atoms with Gasteiger partial charge in [-0.05, 0) is 12.3 Å². The molecule has 0 heterocycles. The lowest BCUT2D eigenvalue weighted by atomic mass is 9.56. The Bertz CT molecular complexity index is 257. The lowest BCUT2D eigenvalue weighted by Crippen LogP contribution is -2.49. The first-order valence-corrected chi connectivity index (χ1v) is 4.59. The molecule has 3 aliphatic rings. The highest BCUT2D eigenvalue weighted by Crippen LogP contribution is 2.48. The molecule has 0 spiro atoms. The van der Waals surface area contributed by atoms with Crippen LogP contribution in [0.5, 0.6) is 0 Å². The smallest absolute Gasteiger partial charge is 0.139 e. The third kappa shape index (κ3) is 0.869. The van der Waals surface area contributed by atoms with Crippen LogP contribution in [0.4, 0.5) is 0 Å². The first-order valence-electron chi connectivity index (χ1n) is 4.59. The van der Waals surface area contributed by atoms with E-state index in [1.165, 1.54) is 0 Å². The molecule has 3 aliphatic carbocycles. The maximum Gasteiger partial charge on any atom is 0.139 e. The van der Waals surface area contributed by atoms with Gasteiger partial charge in [-0.15, -0.1) is 0 Å². The van der Waals surface area contributed by atoms with Crippen molar-refractivity contribution in [1.29, 1.82) is 0 Å². The zero-order chi connectivity index (χ0) is 8.93. The quantitative estimate of drug-likeness (QED) is 0.547. The third-order valence-corrected chi connectivity index (χ3v) is 3.52. The van der Waals surface area contributed by atoms with Gasteiger partial charge < -0.3 is 0 Å². The van der Waals surface area contributed by atoms with Gasteiger partial charge in [0, 0.05) is 24.2 Å². The van der Waals surface area contributed by atoms with Crippen molar-refractivity contribution in [3.05, 3.63) is 0 Å². The first kappa shape index (κ1) is 7.96. The van der Waals surface area contributed by atoms with Gasteiger partial charge in [-0.25, -0.2) is 0 Å². The number of carbonyl (C=O) groups is 2. The van der Waals surface area contributed by atoms with Crippen LogP contribution in [0.15, 0.2) is 0 Å². The summed E-state index contributed by atoms with van der Waals surface area (Å²) in [7, 11) is 0. The molecule has 2 nitrogen and oxygen atoms in total. The van der Waals surface area contributed by atoms with Crippen molar-refractivity contribution in [2.45, 2.75) is 33.1 Å². The van der Waals surface area contributed by atoms with E-state index >= 15 is 0 Å². The Kier molecular flexibility index (Phi) is 1.45. The monoisotopic (exact) mass is 166 g/mol. The first-order chi connectivity index (χ1) is 5.53. The highest BCUT2D eigenvalue weighted by molar-refractivity contribution is 6.00. The van der Waals surface area contributed by atoms with Gasteiger partial charge >= 0.3 is 0 Å². The molecule has 0 amide bonds. The Labute approximate surface area is 72.3 Å². The molecule has 66 valence electrons. The molecule has 0 aromatic carbocycles. The summed E-state index contributed by atoms with van der Waals surface area (Å²) in [6.45, 7) is 4.03. The summed E-state index contributed by atoms with van der Waals surface area (Å²) in [5.74, 6) is 1.11. The van der Waals surface area contributed by atoms with Gasteiger partial charge in [-0.2, -0.15) is 0 Å². The van der Waals surface area contributed by atoms with E-state index in [1.807, 2.05) is 6.92 Å². The van der Waals surface area contributed by atoms with Gasteiger partial charge in [0.1, 0.15) is 11.6 Å². The molecule has 0 saturated heterocycles. The van der Waals surface area contributed by atoms with Gasteiger partial charge in [-0.1, -0.05) is 13.8 Å². The fraction of sp³-hybridized carbons (Fsp3) is 0.800. The van der Waals surface area contributed by atoms with Crippen LogP contribution in [0, 0.1) is 17.3 Å². The molecule has 3 unspecified atom stereocenters. The minimum absolute atomic E-state index is 0.0549. The van der Waals surface area contributed by atoms with Crippen molar-refractivity contribution in [3.63, 3.8) is 0 Å². The van der Waals surface area contributed by atoms with Gasteiger partial charge in [0.05, 0.1) is 0 Å². The maximum atomic E-state index is 11.5. The minimum Gasteiger partial charge on any atom is -0.299 e. The van der Waals surface area contributed by atoms with Crippen molar-refractivity contribution in [2.24, 2.45) is 17.3 Å². The van der Waals surface area contributed by atoms with Crippen LogP contribution >= 0.6 is 0 Å². The lowest BCUT2D eigenvalue weighted by Gasteiger charge is -2.45. The molecule has 2 bridgehead atoms. The standard InChI is InChI=1S/C10H14O2/c1-6-4-10(2)5-8(11)7(6)3-9(10)12/h6-7H,3-5H2,1-2H3. The Morgan fingerprint density at radius 3 is 2.58 bits per heavy atom. The zero-order valence-electron chi connectivity index (χ0n) is 7.59. The number of hydrogen-bond donors (Lipinski definition) is 0. The highest BCUT2D eigenvalue weighted by atomic mass is 16.1. The predicted octanol–water partition coefficient (Wildman–Crippen LogP) is 1.58. The zero-order valence-corrected chi connectivity index (χ0v) is 7.59. The number of rotatable bonds is 0.